The third kappa shape index (κ3) is 5.99. The quantitative estimate of drug-likeness (QED) is 0.644. The van der Waals surface area contributed by atoms with Crippen LogP contribution >= 0.6 is 11.3 Å². The van der Waals surface area contributed by atoms with E-state index in [1.807, 2.05) is 11.4 Å². The highest BCUT2D eigenvalue weighted by Gasteiger charge is 2.18. The lowest BCUT2D eigenvalue weighted by Gasteiger charge is -2.23. The molecular weight excluding hydrogens is 344 g/mol. The maximum Gasteiger partial charge on any atom is 0.261 e. The molecule has 140 valence electrons. The Morgan fingerprint density at radius 3 is 2.42 bits per heavy atom. The standard InChI is InChI=1S/C21H28N2O2S/c1-4-16-9-11-17(12-10-16)20(15(2)3)23-19(24)8-5-13-22-21(25)18-7-6-14-26-18/h6-7,9-12,14-15,20H,4-5,8,13H2,1-3H3,(H,22,25)(H,23,24). The summed E-state index contributed by atoms with van der Waals surface area (Å²) in [6, 6.07) is 12.1. The molecule has 0 fully saturated rings. The topological polar surface area (TPSA) is 58.2 Å². The van der Waals surface area contributed by atoms with E-state index >= 15 is 0 Å². The Labute approximate surface area is 160 Å². The van der Waals surface area contributed by atoms with Gasteiger partial charge in [0.15, 0.2) is 0 Å². The first-order valence-corrected chi connectivity index (χ1v) is 10.1. The summed E-state index contributed by atoms with van der Waals surface area (Å²) >= 11 is 1.42. The van der Waals surface area contributed by atoms with E-state index in [2.05, 4.69) is 55.7 Å². The van der Waals surface area contributed by atoms with Gasteiger partial charge in [0, 0.05) is 13.0 Å². The Kier molecular flexibility index (Phi) is 7.85. The first kappa shape index (κ1) is 20.2. The van der Waals surface area contributed by atoms with Gasteiger partial charge in [0.25, 0.3) is 5.91 Å². The fraction of sp³-hybridized carbons (Fsp3) is 0.429. The normalized spacial score (nSPS) is 12.0. The number of carbonyl (C=O) groups is 2. The van der Waals surface area contributed by atoms with E-state index in [9.17, 15) is 9.59 Å². The van der Waals surface area contributed by atoms with Crippen molar-refractivity contribution in [1.82, 2.24) is 10.6 Å². The molecule has 1 atom stereocenters. The van der Waals surface area contributed by atoms with Crippen LogP contribution in [0.4, 0.5) is 0 Å². The molecule has 0 aliphatic carbocycles. The van der Waals surface area contributed by atoms with Gasteiger partial charge in [0.1, 0.15) is 0 Å². The summed E-state index contributed by atoms with van der Waals surface area (Å²) in [4.78, 5) is 24.9. The SMILES string of the molecule is CCc1ccc(C(NC(=O)CCCNC(=O)c2cccs2)C(C)C)cc1. The molecule has 2 aromatic rings. The highest BCUT2D eigenvalue weighted by Crippen LogP contribution is 2.22. The van der Waals surface area contributed by atoms with Crippen molar-refractivity contribution in [2.75, 3.05) is 6.54 Å². The minimum absolute atomic E-state index is 0.00844. The van der Waals surface area contributed by atoms with Crippen LogP contribution in [0.25, 0.3) is 0 Å². The monoisotopic (exact) mass is 372 g/mol. The molecule has 2 N–H and O–H groups in total. The van der Waals surface area contributed by atoms with E-state index in [4.69, 9.17) is 0 Å². The second-order valence-corrected chi connectivity index (χ2v) is 7.67. The van der Waals surface area contributed by atoms with Gasteiger partial charge in [0.2, 0.25) is 5.91 Å². The number of hydrogen-bond acceptors (Lipinski definition) is 3. The maximum atomic E-state index is 12.3. The van der Waals surface area contributed by atoms with Gasteiger partial charge in [-0.2, -0.15) is 0 Å². The van der Waals surface area contributed by atoms with Crippen LogP contribution in [0.5, 0.6) is 0 Å². The van der Waals surface area contributed by atoms with Gasteiger partial charge in [-0.1, -0.05) is 51.1 Å². The van der Waals surface area contributed by atoms with Crippen LogP contribution in [0.3, 0.4) is 0 Å². The summed E-state index contributed by atoms with van der Waals surface area (Å²) in [5.41, 5.74) is 2.43. The zero-order valence-electron chi connectivity index (χ0n) is 15.7. The van der Waals surface area contributed by atoms with Gasteiger partial charge < -0.3 is 10.6 Å². The molecule has 0 spiro atoms. The van der Waals surface area contributed by atoms with Crippen molar-refractivity contribution in [3.63, 3.8) is 0 Å². The van der Waals surface area contributed by atoms with Gasteiger partial charge in [-0.25, -0.2) is 0 Å². The second-order valence-electron chi connectivity index (χ2n) is 6.72. The Hall–Kier alpha value is -2.14. The molecule has 2 rings (SSSR count). The van der Waals surface area contributed by atoms with E-state index in [0.717, 1.165) is 12.0 Å². The first-order valence-electron chi connectivity index (χ1n) is 9.21. The van der Waals surface area contributed by atoms with E-state index in [1.165, 1.54) is 16.9 Å². The minimum atomic E-state index is -0.0727. The fourth-order valence-electron chi connectivity index (χ4n) is 2.79. The lowest BCUT2D eigenvalue weighted by molar-refractivity contribution is -0.122. The fourth-order valence-corrected chi connectivity index (χ4v) is 3.43. The molecule has 1 aromatic heterocycles. The molecule has 0 saturated heterocycles. The van der Waals surface area contributed by atoms with Gasteiger partial charge >= 0.3 is 0 Å². The number of carbonyl (C=O) groups excluding carboxylic acids is 2. The van der Waals surface area contributed by atoms with Crippen LogP contribution in [0.15, 0.2) is 41.8 Å². The predicted octanol–water partition coefficient (Wildman–Crippen LogP) is 4.33. The van der Waals surface area contributed by atoms with Gasteiger partial charge in [-0.3, -0.25) is 9.59 Å². The number of nitrogens with one attached hydrogen (secondary N) is 2. The molecule has 4 nitrogen and oxygen atoms in total. The Morgan fingerprint density at radius 1 is 1.12 bits per heavy atom. The Balaban J connectivity index is 1.79. The van der Waals surface area contributed by atoms with Crippen molar-refractivity contribution in [3.8, 4) is 0 Å². The first-order chi connectivity index (χ1) is 12.5. The van der Waals surface area contributed by atoms with Crippen LogP contribution in [0, 0.1) is 5.92 Å². The molecule has 1 aromatic carbocycles. The largest absolute Gasteiger partial charge is 0.351 e. The summed E-state index contributed by atoms with van der Waals surface area (Å²) in [6.45, 7) is 6.86. The smallest absolute Gasteiger partial charge is 0.261 e. The Bertz CT molecular complexity index is 693. The molecular formula is C21H28N2O2S. The summed E-state index contributed by atoms with van der Waals surface area (Å²) in [5.74, 6) is 0.259. The lowest BCUT2D eigenvalue weighted by atomic mass is 9.94. The molecule has 0 aliphatic rings. The van der Waals surface area contributed by atoms with E-state index < -0.39 is 0 Å². The van der Waals surface area contributed by atoms with Crippen molar-refractivity contribution < 1.29 is 9.59 Å². The average molecular weight is 373 g/mol. The number of amides is 2. The molecule has 0 radical (unpaired) electrons. The number of hydrogen-bond donors (Lipinski definition) is 2. The molecule has 26 heavy (non-hydrogen) atoms. The van der Waals surface area contributed by atoms with Gasteiger partial charge in [0.05, 0.1) is 10.9 Å². The molecule has 0 bridgehead atoms. The van der Waals surface area contributed by atoms with Crippen molar-refractivity contribution in [3.05, 3.63) is 57.8 Å². The zero-order valence-corrected chi connectivity index (χ0v) is 16.6. The summed E-state index contributed by atoms with van der Waals surface area (Å²) < 4.78 is 0. The van der Waals surface area contributed by atoms with Crippen LogP contribution in [0.2, 0.25) is 0 Å². The zero-order chi connectivity index (χ0) is 18.9. The highest BCUT2D eigenvalue weighted by atomic mass is 32.1. The summed E-state index contributed by atoms with van der Waals surface area (Å²) in [6.07, 6.45) is 2.04. The maximum absolute atomic E-state index is 12.3. The van der Waals surface area contributed by atoms with Crippen LogP contribution in [-0.4, -0.2) is 18.4 Å². The minimum Gasteiger partial charge on any atom is -0.351 e. The number of benzene rings is 1. The van der Waals surface area contributed by atoms with E-state index in [1.54, 1.807) is 6.07 Å². The highest BCUT2D eigenvalue weighted by molar-refractivity contribution is 7.12. The number of thiophene rings is 1. The van der Waals surface area contributed by atoms with Gasteiger partial charge in [-0.05, 0) is 41.3 Å². The van der Waals surface area contributed by atoms with E-state index in [-0.39, 0.29) is 17.9 Å². The molecule has 1 heterocycles. The van der Waals surface area contributed by atoms with Crippen molar-refractivity contribution in [2.24, 2.45) is 5.92 Å². The number of aryl methyl sites for hydroxylation is 1. The molecule has 1 unspecified atom stereocenters. The Morgan fingerprint density at radius 2 is 1.85 bits per heavy atom. The van der Waals surface area contributed by atoms with Crippen LogP contribution in [-0.2, 0) is 11.2 Å². The lowest BCUT2D eigenvalue weighted by Crippen LogP contribution is -2.32. The third-order valence-corrected chi connectivity index (χ3v) is 5.21. The second kappa shape index (κ2) is 10.1. The van der Waals surface area contributed by atoms with E-state index in [0.29, 0.717) is 30.2 Å². The molecule has 0 aliphatic heterocycles. The van der Waals surface area contributed by atoms with Crippen LogP contribution in [0.1, 0.15) is 60.5 Å². The summed E-state index contributed by atoms with van der Waals surface area (Å²) in [5, 5.41) is 7.87. The third-order valence-electron chi connectivity index (χ3n) is 4.34. The molecule has 0 saturated carbocycles. The average Bonchev–Trinajstić information content (AvgIpc) is 3.18. The molecule has 2 amide bonds. The predicted molar refractivity (Wildman–Crippen MR) is 107 cm³/mol. The van der Waals surface area contributed by atoms with Gasteiger partial charge in [-0.15, -0.1) is 11.3 Å². The molecule has 5 heteroatoms. The van der Waals surface area contributed by atoms with Crippen molar-refractivity contribution in [1.29, 1.82) is 0 Å². The van der Waals surface area contributed by atoms with Crippen LogP contribution < -0.4 is 10.6 Å². The van der Waals surface area contributed by atoms with Crippen molar-refractivity contribution in [2.45, 2.75) is 46.1 Å². The van der Waals surface area contributed by atoms with Crippen molar-refractivity contribution >= 4 is 23.2 Å². The number of rotatable bonds is 9. The summed E-state index contributed by atoms with van der Waals surface area (Å²) in [7, 11) is 0.